The Hall–Kier alpha value is -1.27. The second kappa shape index (κ2) is 6.06. The summed E-state index contributed by atoms with van der Waals surface area (Å²) in [5, 5.41) is 3.20. The first kappa shape index (κ1) is 13.2. The normalized spacial score (nSPS) is 20.2. The van der Waals surface area contributed by atoms with E-state index in [1.54, 1.807) is 0 Å². The Morgan fingerprint density at radius 3 is 3.11 bits per heavy atom. The van der Waals surface area contributed by atoms with Crippen LogP contribution in [0.4, 0.5) is 14.6 Å². The highest BCUT2D eigenvalue weighted by molar-refractivity contribution is 5.41. The number of morpholine rings is 1. The Morgan fingerprint density at radius 1 is 1.56 bits per heavy atom. The first-order valence-corrected chi connectivity index (χ1v) is 6.08. The summed E-state index contributed by atoms with van der Waals surface area (Å²) >= 11 is 0. The molecule has 18 heavy (non-hydrogen) atoms. The Labute approximate surface area is 105 Å². The van der Waals surface area contributed by atoms with E-state index in [4.69, 9.17) is 4.74 Å². The van der Waals surface area contributed by atoms with E-state index in [0.717, 1.165) is 18.8 Å². The zero-order chi connectivity index (χ0) is 13.0. The number of pyridine rings is 1. The summed E-state index contributed by atoms with van der Waals surface area (Å²) < 4.78 is 32.0. The van der Waals surface area contributed by atoms with Crippen LogP contribution in [0.5, 0.6) is 0 Å². The van der Waals surface area contributed by atoms with Gasteiger partial charge in [-0.2, -0.15) is 0 Å². The van der Waals surface area contributed by atoms with Crippen molar-refractivity contribution in [2.24, 2.45) is 0 Å². The lowest BCUT2D eigenvalue weighted by atomic mass is 10.2. The van der Waals surface area contributed by atoms with Gasteiger partial charge in [0.2, 0.25) is 0 Å². The fourth-order valence-electron chi connectivity index (χ4n) is 2.03. The summed E-state index contributed by atoms with van der Waals surface area (Å²) in [6.45, 7) is 5.14. The highest BCUT2D eigenvalue weighted by atomic mass is 19.1. The number of anilines is 1. The number of hydrogen-bond donors (Lipinski definition) is 1. The summed E-state index contributed by atoms with van der Waals surface area (Å²) in [7, 11) is 0. The molecule has 0 radical (unpaired) electrons. The zero-order valence-corrected chi connectivity index (χ0v) is 10.3. The van der Waals surface area contributed by atoms with E-state index in [-0.39, 0.29) is 11.9 Å². The molecule has 2 rings (SSSR count). The first-order chi connectivity index (χ1) is 8.72. The fourth-order valence-corrected chi connectivity index (χ4v) is 2.03. The van der Waals surface area contributed by atoms with Gasteiger partial charge in [-0.3, -0.25) is 0 Å². The lowest BCUT2D eigenvalue weighted by Crippen LogP contribution is -2.51. The molecule has 1 fully saturated rings. The molecule has 0 bridgehead atoms. The second-order valence-electron chi connectivity index (χ2n) is 4.19. The lowest BCUT2D eigenvalue weighted by molar-refractivity contribution is 0.0931. The van der Waals surface area contributed by atoms with Gasteiger partial charge in [-0.05, 0) is 6.54 Å². The molecule has 1 aliphatic heterocycles. The standard InChI is InChI=1S/C12H17F2N3O/c1-2-15-7-10-8-18-4-3-17(10)12-11(14)5-9(13)6-16-12/h5-6,10,15H,2-4,7-8H2,1H3. The van der Waals surface area contributed by atoms with E-state index in [0.29, 0.717) is 26.3 Å². The van der Waals surface area contributed by atoms with Crippen molar-refractivity contribution in [1.82, 2.24) is 10.3 Å². The minimum atomic E-state index is -0.659. The molecule has 0 amide bonds. The van der Waals surface area contributed by atoms with E-state index in [1.165, 1.54) is 0 Å². The van der Waals surface area contributed by atoms with Crippen molar-refractivity contribution in [3.63, 3.8) is 0 Å². The number of nitrogens with one attached hydrogen (secondary N) is 1. The molecule has 1 aromatic rings. The first-order valence-electron chi connectivity index (χ1n) is 6.08. The van der Waals surface area contributed by atoms with Gasteiger partial charge in [0.1, 0.15) is 5.82 Å². The molecule has 0 saturated carbocycles. The van der Waals surface area contributed by atoms with Gasteiger partial charge in [-0.25, -0.2) is 13.8 Å². The average molecular weight is 257 g/mol. The molecule has 1 saturated heterocycles. The highest BCUT2D eigenvalue weighted by Gasteiger charge is 2.26. The van der Waals surface area contributed by atoms with E-state index in [2.05, 4.69) is 10.3 Å². The summed E-state index contributed by atoms with van der Waals surface area (Å²) in [5.74, 6) is -1.09. The molecule has 2 heterocycles. The molecular weight excluding hydrogens is 240 g/mol. The van der Waals surface area contributed by atoms with Crippen LogP contribution < -0.4 is 10.2 Å². The second-order valence-corrected chi connectivity index (χ2v) is 4.19. The Morgan fingerprint density at radius 2 is 2.39 bits per heavy atom. The van der Waals surface area contributed by atoms with Crippen LogP contribution >= 0.6 is 0 Å². The third-order valence-electron chi connectivity index (χ3n) is 2.92. The largest absolute Gasteiger partial charge is 0.377 e. The van der Waals surface area contributed by atoms with Crippen molar-refractivity contribution in [1.29, 1.82) is 0 Å². The van der Waals surface area contributed by atoms with Gasteiger partial charge in [-0.1, -0.05) is 6.92 Å². The quantitative estimate of drug-likeness (QED) is 0.878. The maximum Gasteiger partial charge on any atom is 0.168 e. The molecule has 6 heteroatoms. The number of hydrogen-bond acceptors (Lipinski definition) is 4. The third kappa shape index (κ3) is 2.94. The molecule has 1 N–H and O–H groups in total. The van der Waals surface area contributed by atoms with Crippen LogP contribution in [0.25, 0.3) is 0 Å². The summed E-state index contributed by atoms with van der Waals surface area (Å²) in [6.07, 6.45) is 1.04. The summed E-state index contributed by atoms with van der Waals surface area (Å²) in [5.41, 5.74) is 0. The molecule has 100 valence electrons. The van der Waals surface area contributed by atoms with Crippen molar-refractivity contribution < 1.29 is 13.5 Å². The molecule has 1 aliphatic rings. The van der Waals surface area contributed by atoms with Crippen LogP contribution in [0.2, 0.25) is 0 Å². The van der Waals surface area contributed by atoms with Gasteiger partial charge in [0.05, 0.1) is 25.5 Å². The average Bonchev–Trinajstić information content (AvgIpc) is 2.37. The van der Waals surface area contributed by atoms with Gasteiger partial charge in [0.15, 0.2) is 11.6 Å². The minimum absolute atomic E-state index is 0.0196. The van der Waals surface area contributed by atoms with Crippen LogP contribution in [-0.2, 0) is 4.74 Å². The van der Waals surface area contributed by atoms with E-state index >= 15 is 0 Å². The number of halogens is 2. The molecule has 0 aliphatic carbocycles. The molecule has 1 unspecified atom stereocenters. The maximum atomic E-state index is 13.7. The molecule has 1 aromatic heterocycles. The van der Waals surface area contributed by atoms with E-state index in [1.807, 2.05) is 11.8 Å². The van der Waals surface area contributed by atoms with E-state index in [9.17, 15) is 8.78 Å². The predicted molar refractivity (Wildman–Crippen MR) is 64.6 cm³/mol. The van der Waals surface area contributed by atoms with Crippen molar-refractivity contribution in [3.8, 4) is 0 Å². The van der Waals surface area contributed by atoms with Crippen LogP contribution in [0.3, 0.4) is 0 Å². The Bertz CT molecular complexity index is 403. The van der Waals surface area contributed by atoms with Crippen LogP contribution in [0, 0.1) is 11.6 Å². The maximum absolute atomic E-state index is 13.7. The predicted octanol–water partition coefficient (Wildman–Crippen LogP) is 1.17. The zero-order valence-electron chi connectivity index (χ0n) is 10.3. The topological polar surface area (TPSA) is 37.4 Å². The SMILES string of the molecule is CCNCC1COCCN1c1ncc(F)cc1F. The number of likely N-dealkylation sites (N-methyl/N-ethyl adjacent to an activating group) is 1. The monoisotopic (exact) mass is 257 g/mol. The van der Waals surface area contributed by atoms with Crippen LogP contribution in [-0.4, -0.2) is 43.9 Å². The minimum Gasteiger partial charge on any atom is -0.377 e. The van der Waals surface area contributed by atoms with Crippen molar-refractivity contribution >= 4 is 5.82 Å². The molecule has 0 spiro atoms. The lowest BCUT2D eigenvalue weighted by Gasteiger charge is -2.36. The number of ether oxygens (including phenoxy) is 1. The van der Waals surface area contributed by atoms with Crippen LogP contribution in [0.15, 0.2) is 12.3 Å². The van der Waals surface area contributed by atoms with Gasteiger partial charge in [0.25, 0.3) is 0 Å². The number of aromatic nitrogens is 1. The van der Waals surface area contributed by atoms with Crippen molar-refractivity contribution in [2.75, 3.05) is 37.7 Å². The van der Waals surface area contributed by atoms with Gasteiger partial charge in [0, 0.05) is 19.2 Å². The number of nitrogens with zero attached hydrogens (tertiary/aromatic N) is 2. The van der Waals surface area contributed by atoms with Crippen molar-refractivity contribution in [2.45, 2.75) is 13.0 Å². The molecule has 4 nitrogen and oxygen atoms in total. The number of rotatable bonds is 4. The smallest absolute Gasteiger partial charge is 0.168 e. The molecule has 0 aromatic carbocycles. The van der Waals surface area contributed by atoms with Crippen molar-refractivity contribution in [3.05, 3.63) is 23.9 Å². The fraction of sp³-hybridized carbons (Fsp3) is 0.583. The van der Waals surface area contributed by atoms with Crippen LogP contribution in [0.1, 0.15) is 6.92 Å². The summed E-state index contributed by atoms with van der Waals surface area (Å²) in [6, 6.07) is 0.883. The van der Waals surface area contributed by atoms with E-state index < -0.39 is 11.6 Å². The van der Waals surface area contributed by atoms with Gasteiger partial charge in [-0.15, -0.1) is 0 Å². The van der Waals surface area contributed by atoms with Gasteiger partial charge < -0.3 is 15.0 Å². The highest BCUT2D eigenvalue weighted by Crippen LogP contribution is 2.21. The Kier molecular flexibility index (Phi) is 4.43. The molecular formula is C12H17F2N3O. The van der Waals surface area contributed by atoms with Gasteiger partial charge >= 0.3 is 0 Å². The Balaban J connectivity index is 2.16. The third-order valence-corrected chi connectivity index (χ3v) is 2.92. The summed E-state index contributed by atoms with van der Waals surface area (Å²) in [4.78, 5) is 5.69. The molecule has 1 atom stereocenters.